The summed E-state index contributed by atoms with van der Waals surface area (Å²) >= 11 is 0. The van der Waals surface area contributed by atoms with Gasteiger partial charge in [-0.3, -0.25) is 4.79 Å². The van der Waals surface area contributed by atoms with E-state index < -0.39 is 10.0 Å². The first kappa shape index (κ1) is 25.5. The number of aromatic nitrogens is 1. The zero-order valence-corrected chi connectivity index (χ0v) is 21.9. The molecule has 194 valence electrons. The molecule has 1 heterocycles. The smallest absolute Gasteiger partial charge is 0.262 e. The fourth-order valence-electron chi connectivity index (χ4n) is 4.59. The van der Waals surface area contributed by atoms with Crippen LogP contribution in [0.1, 0.15) is 12.5 Å². The number of aryl methyl sites for hydroxylation is 1. The van der Waals surface area contributed by atoms with E-state index in [4.69, 9.17) is 4.74 Å². The van der Waals surface area contributed by atoms with Crippen molar-refractivity contribution >= 4 is 43.4 Å². The maximum absolute atomic E-state index is 12.6. The molecule has 38 heavy (non-hydrogen) atoms. The lowest BCUT2D eigenvalue weighted by atomic mass is 10.1. The van der Waals surface area contributed by atoms with Gasteiger partial charge in [-0.15, -0.1) is 0 Å². The van der Waals surface area contributed by atoms with Crippen molar-refractivity contribution in [1.29, 1.82) is 0 Å². The fourth-order valence-corrected chi connectivity index (χ4v) is 5.62. The van der Waals surface area contributed by atoms with Gasteiger partial charge in [-0.1, -0.05) is 48.5 Å². The van der Waals surface area contributed by atoms with Crippen molar-refractivity contribution in [2.24, 2.45) is 0 Å². The minimum atomic E-state index is -3.64. The Morgan fingerprint density at radius 3 is 2.32 bits per heavy atom. The standard InChI is InChI=1S/C30H29N3O4S/c1-2-33-28-11-7-6-10-26(28)27-20-23(12-17-29(27)33)32-30(34)21-37-24-13-15-25(16-14-24)38(35,36)31-19-18-22-8-4-3-5-9-22/h3-17,20,31H,2,18-19,21H2,1H3,(H,32,34). The minimum absolute atomic E-state index is 0.141. The van der Waals surface area contributed by atoms with Crippen molar-refractivity contribution in [2.45, 2.75) is 24.8 Å². The lowest BCUT2D eigenvalue weighted by Crippen LogP contribution is -2.26. The van der Waals surface area contributed by atoms with Crippen LogP contribution < -0.4 is 14.8 Å². The molecule has 8 heteroatoms. The summed E-state index contributed by atoms with van der Waals surface area (Å²) in [7, 11) is -3.64. The Balaban J connectivity index is 1.17. The van der Waals surface area contributed by atoms with Gasteiger partial charge in [0.05, 0.1) is 4.90 Å². The van der Waals surface area contributed by atoms with E-state index in [0.717, 1.165) is 33.9 Å². The van der Waals surface area contributed by atoms with E-state index in [1.165, 1.54) is 12.1 Å². The van der Waals surface area contributed by atoms with Crippen LogP contribution in [0.15, 0.2) is 102 Å². The van der Waals surface area contributed by atoms with Crippen LogP contribution in [0.25, 0.3) is 21.8 Å². The van der Waals surface area contributed by atoms with Gasteiger partial charge in [0.2, 0.25) is 10.0 Å². The van der Waals surface area contributed by atoms with E-state index in [1.54, 1.807) is 12.1 Å². The topological polar surface area (TPSA) is 89.4 Å². The van der Waals surface area contributed by atoms with E-state index in [1.807, 2.05) is 60.7 Å². The SMILES string of the molecule is CCn1c2ccccc2c2cc(NC(=O)COc3ccc(S(=O)(=O)NCCc4ccccc4)cc3)ccc21. The maximum atomic E-state index is 12.6. The molecule has 5 aromatic rings. The summed E-state index contributed by atoms with van der Waals surface area (Å²) in [6.07, 6.45) is 0.601. The van der Waals surface area contributed by atoms with E-state index in [2.05, 4.69) is 33.7 Å². The number of sulfonamides is 1. The number of benzene rings is 4. The lowest BCUT2D eigenvalue weighted by Gasteiger charge is -2.10. The van der Waals surface area contributed by atoms with Gasteiger partial charge in [0, 0.05) is 40.6 Å². The van der Waals surface area contributed by atoms with Gasteiger partial charge in [-0.05, 0) is 67.4 Å². The van der Waals surface area contributed by atoms with Gasteiger partial charge in [0.25, 0.3) is 5.91 Å². The molecule has 1 amide bonds. The zero-order chi connectivity index (χ0) is 26.5. The first-order chi connectivity index (χ1) is 18.4. The van der Waals surface area contributed by atoms with E-state index in [9.17, 15) is 13.2 Å². The summed E-state index contributed by atoms with van der Waals surface area (Å²) in [5.74, 6) is 0.104. The number of amides is 1. The second kappa shape index (κ2) is 11.1. The van der Waals surface area contributed by atoms with E-state index in [0.29, 0.717) is 24.4 Å². The number of nitrogens with one attached hydrogen (secondary N) is 2. The highest BCUT2D eigenvalue weighted by atomic mass is 32.2. The van der Waals surface area contributed by atoms with Crippen LogP contribution in [-0.2, 0) is 27.8 Å². The van der Waals surface area contributed by atoms with E-state index >= 15 is 0 Å². The summed E-state index contributed by atoms with van der Waals surface area (Å²) in [5, 5.41) is 5.11. The number of hydrogen-bond donors (Lipinski definition) is 2. The molecular weight excluding hydrogens is 498 g/mol. The van der Waals surface area contributed by atoms with E-state index in [-0.39, 0.29) is 17.4 Å². The van der Waals surface area contributed by atoms with Crippen LogP contribution >= 0.6 is 0 Å². The van der Waals surface area contributed by atoms with Crippen molar-refractivity contribution < 1.29 is 17.9 Å². The van der Waals surface area contributed by atoms with Gasteiger partial charge in [-0.25, -0.2) is 13.1 Å². The number of nitrogens with zero attached hydrogens (tertiary/aromatic N) is 1. The van der Waals surface area contributed by atoms with Crippen LogP contribution in [-0.4, -0.2) is 32.0 Å². The van der Waals surface area contributed by atoms with Crippen LogP contribution in [0, 0.1) is 0 Å². The summed E-state index contributed by atoms with van der Waals surface area (Å²) in [6, 6.07) is 29.8. The Bertz CT molecular complexity index is 1680. The average molecular weight is 528 g/mol. The Labute approximate surface area is 222 Å². The molecule has 0 saturated heterocycles. The number of para-hydroxylation sites is 1. The van der Waals surface area contributed by atoms with Crippen molar-refractivity contribution in [2.75, 3.05) is 18.5 Å². The van der Waals surface area contributed by atoms with Crippen molar-refractivity contribution in [3.05, 3.63) is 103 Å². The molecule has 0 atom stereocenters. The molecule has 0 aliphatic carbocycles. The van der Waals surface area contributed by atoms with Crippen LogP contribution in [0.5, 0.6) is 5.75 Å². The highest BCUT2D eigenvalue weighted by Gasteiger charge is 2.14. The zero-order valence-electron chi connectivity index (χ0n) is 21.1. The summed E-state index contributed by atoms with van der Waals surface area (Å²) in [6.45, 7) is 3.07. The highest BCUT2D eigenvalue weighted by Crippen LogP contribution is 2.31. The molecule has 0 unspecified atom stereocenters. The normalized spacial score (nSPS) is 11.6. The van der Waals surface area contributed by atoms with Crippen molar-refractivity contribution in [3.8, 4) is 5.75 Å². The Morgan fingerprint density at radius 2 is 1.55 bits per heavy atom. The second-order valence-electron chi connectivity index (χ2n) is 8.93. The van der Waals surface area contributed by atoms with Crippen LogP contribution in [0.4, 0.5) is 5.69 Å². The fraction of sp³-hybridized carbons (Fsp3) is 0.167. The average Bonchev–Trinajstić information content (AvgIpc) is 3.25. The van der Waals surface area contributed by atoms with Gasteiger partial charge in [-0.2, -0.15) is 0 Å². The number of carbonyl (C=O) groups is 1. The third kappa shape index (κ3) is 5.56. The molecule has 2 N–H and O–H groups in total. The summed E-state index contributed by atoms with van der Waals surface area (Å²) < 4.78 is 35.6. The minimum Gasteiger partial charge on any atom is -0.484 e. The van der Waals surface area contributed by atoms with Gasteiger partial charge in [0.1, 0.15) is 5.75 Å². The van der Waals surface area contributed by atoms with Gasteiger partial charge in [0.15, 0.2) is 6.61 Å². The number of fused-ring (bicyclic) bond motifs is 3. The Kier molecular flexibility index (Phi) is 7.44. The highest BCUT2D eigenvalue weighted by molar-refractivity contribution is 7.89. The second-order valence-corrected chi connectivity index (χ2v) is 10.7. The largest absolute Gasteiger partial charge is 0.484 e. The molecule has 4 aromatic carbocycles. The Hall–Kier alpha value is -4.14. The molecule has 7 nitrogen and oxygen atoms in total. The molecule has 0 radical (unpaired) electrons. The molecule has 0 spiro atoms. The lowest BCUT2D eigenvalue weighted by molar-refractivity contribution is -0.118. The molecular formula is C30H29N3O4S. The third-order valence-corrected chi connectivity index (χ3v) is 7.90. The molecule has 1 aromatic heterocycles. The number of hydrogen-bond acceptors (Lipinski definition) is 4. The molecule has 0 saturated carbocycles. The van der Waals surface area contributed by atoms with Crippen LogP contribution in [0.2, 0.25) is 0 Å². The third-order valence-electron chi connectivity index (χ3n) is 6.42. The number of carbonyl (C=O) groups excluding carboxylic acids is 1. The molecule has 5 rings (SSSR count). The van der Waals surface area contributed by atoms with Gasteiger partial charge < -0.3 is 14.6 Å². The van der Waals surface area contributed by atoms with Gasteiger partial charge >= 0.3 is 0 Å². The molecule has 0 fully saturated rings. The maximum Gasteiger partial charge on any atom is 0.262 e. The quantitative estimate of drug-likeness (QED) is 0.256. The first-order valence-electron chi connectivity index (χ1n) is 12.5. The number of rotatable bonds is 10. The number of ether oxygens (including phenoxy) is 1. The number of anilines is 1. The molecule has 0 aliphatic rings. The molecule has 0 aliphatic heterocycles. The summed E-state index contributed by atoms with van der Waals surface area (Å²) in [4.78, 5) is 12.7. The molecule has 0 bridgehead atoms. The Morgan fingerprint density at radius 1 is 0.842 bits per heavy atom. The van der Waals surface area contributed by atoms with Crippen molar-refractivity contribution in [1.82, 2.24) is 9.29 Å². The van der Waals surface area contributed by atoms with Crippen LogP contribution in [0.3, 0.4) is 0 Å². The predicted octanol–water partition coefficient (Wildman–Crippen LogP) is 5.35. The predicted molar refractivity (Wildman–Crippen MR) is 151 cm³/mol. The monoisotopic (exact) mass is 527 g/mol. The first-order valence-corrected chi connectivity index (χ1v) is 14.0. The van der Waals surface area contributed by atoms with Crippen molar-refractivity contribution in [3.63, 3.8) is 0 Å². The summed E-state index contributed by atoms with van der Waals surface area (Å²) in [5.41, 5.74) is 4.03.